The van der Waals surface area contributed by atoms with E-state index in [2.05, 4.69) is 46.8 Å². The van der Waals surface area contributed by atoms with Gasteiger partial charge in [0, 0.05) is 45.0 Å². The smallest absolute Gasteiger partial charge is 0.247 e. The molecule has 4 aromatic rings. The molecule has 0 spiro atoms. The molecule has 1 amide bonds. The van der Waals surface area contributed by atoms with Crippen molar-refractivity contribution < 1.29 is 17.9 Å². The number of hydrogen-bond donors (Lipinski definition) is 3. The third kappa shape index (κ3) is 8.09. The van der Waals surface area contributed by atoms with Crippen molar-refractivity contribution in [3.8, 4) is 5.75 Å². The van der Waals surface area contributed by atoms with Crippen molar-refractivity contribution in [1.82, 2.24) is 24.8 Å². The van der Waals surface area contributed by atoms with E-state index in [1.807, 2.05) is 32.1 Å². The van der Waals surface area contributed by atoms with Gasteiger partial charge in [0.15, 0.2) is 0 Å². The first-order chi connectivity index (χ1) is 20.9. The highest BCUT2D eigenvalue weighted by molar-refractivity contribution is 7.92. The maximum atomic E-state index is 12.3. The molecule has 0 bridgehead atoms. The number of sulfonamides is 1. The molecule has 4 rings (SSSR count). The molecule has 0 radical (unpaired) electrons. The molecule has 0 aliphatic heterocycles. The number of ether oxygens (including phenoxy) is 1. The van der Waals surface area contributed by atoms with E-state index in [1.54, 1.807) is 25.3 Å². The fraction of sp³-hybridized carbons (Fsp3) is 0.276. The fourth-order valence-electron chi connectivity index (χ4n) is 4.32. The van der Waals surface area contributed by atoms with Gasteiger partial charge in [-0.15, -0.1) is 0 Å². The summed E-state index contributed by atoms with van der Waals surface area (Å²) in [5.74, 6) is 0.323. The zero-order valence-corrected chi connectivity index (χ0v) is 26.6. The van der Waals surface area contributed by atoms with Gasteiger partial charge in [-0.05, 0) is 37.9 Å². The molecular weight excluding hydrogens is 606 g/mol. The van der Waals surface area contributed by atoms with Gasteiger partial charge in [-0.1, -0.05) is 24.2 Å². The van der Waals surface area contributed by atoms with Gasteiger partial charge in [0.25, 0.3) is 0 Å². The molecule has 44 heavy (non-hydrogen) atoms. The number of halogens is 1. The second-order valence-electron chi connectivity index (χ2n) is 10.2. The molecule has 2 aromatic heterocycles. The Morgan fingerprint density at radius 3 is 2.52 bits per heavy atom. The molecule has 0 aliphatic carbocycles. The summed E-state index contributed by atoms with van der Waals surface area (Å²) in [6.07, 6.45) is 6.89. The number of aromatic nitrogens is 4. The van der Waals surface area contributed by atoms with Crippen LogP contribution >= 0.6 is 11.6 Å². The lowest BCUT2D eigenvalue weighted by Gasteiger charge is -2.26. The van der Waals surface area contributed by atoms with Crippen molar-refractivity contribution in [2.24, 2.45) is 0 Å². The van der Waals surface area contributed by atoms with Crippen molar-refractivity contribution in [2.75, 3.05) is 67.9 Å². The topological polar surface area (TPSA) is 155 Å². The van der Waals surface area contributed by atoms with Crippen LogP contribution in [0.2, 0.25) is 5.02 Å². The van der Waals surface area contributed by atoms with Crippen LogP contribution in [0.4, 0.5) is 28.7 Å². The molecule has 0 saturated heterocycles. The lowest BCUT2D eigenvalue weighted by Crippen LogP contribution is -2.29. The van der Waals surface area contributed by atoms with E-state index in [0.717, 1.165) is 18.5 Å². The number of carbonyl (C=O) groups excluding carboxylic acids is 1. The van der Waals surface area contributed by atoms with Crippen LogP contribution in [0.15, 0.2) is 55.5 Å². The first kappa shape index (κ1) is 32.4. The second-order valence-corrected chi connectivity index (χ2v) is 12.3. The normalized spacial score (nSPS) is 11.3. The van der Waals surface area contributed by atoms with Crippen molar-refractivity contribution in [1.29, 1.82) is 0 Å². The Morgan fingerprint density at radius 2 is 1.84 bits per heavy atom. The summed E-state index contributed by atoms with van der Waals surface area (Å²) in [4.78, 5) is 33.9. The summed E-state index contributed by atoms with van der Waals surface area (Å²) in [6.45, 7) is 5.05. The standard InChI is InChI=1S/C29H34ClN9O4S/c1-7-26(40)34-22-15-23(25(43-5)16-24(22)39(4)13-12-38(2)3)36-29-33-17-19(30)21(35-29)14-18-8-9-20-28(32-11-10-31-20)27(18)37-44(6,41)42/h7-11,15-17,37H,1,12-14H2,2-6H3,(H,34,40)(H,33,35,36). The molecule has 2 aromatic carbocycles. The zero-order chi connectivity index (χ0) is 32.0. The molecule has 3 N–H and O–H groups in total. The van der Waals surface area contributed by atoms with Crippen LogP contribution in [0.25, 0.3) is 11.0 Å². The summed E-state index contributed by atoms with van der Waals surface area (Å²) >= 11 is 6.51. The SMILES string of the molecule is C=CC(=O)Nc1cc(Nc2ncc(Cl)c(Cc3ccc4nccnc4c3NS(C)(=O)=O)n2)c(OC)cc1N(C)CCN(C)C. The van der Waals surface area contributed by atoms with E-state index in [1.165, 1.54) is 24.7 Å². The number of fused-ring (bicyclic) bond motifs is 1. The first-order valence-electron chi connectivity index (χ1n) is 13.4. The lowest BCUT2D eigenvalue weighted by atomic mass is 10.1. The van der Waals surface area contributed by atoms with Crippen molar-refractivity contribution in [3.05, 3.63) is 71.8 Å². The minimum Gasteiger partial charge on any atom is -0.494 e. The van der Waals surface area contributed by atoms with Gasteiger partial charge in [-0.3, -0.25) is 19.5 Å². The predicted octanol–water partition coefficient (Wildman–Crippen LogP) is 3.91. The Kier molecular flexibility index (Phi) is 10.2. The van der Waals surface area contributed by atoms with Crippen LogP contribution in [0.1, 0.15) is 11.3 Å². The molecular formula is C29H34ClN9O4S. The number of amides is 1. The van der Waals surface area contributed by atoms with Crippen molar-refractivity contribution >= 4 is 67.3 Å². The van der Waals surface area contributed by atoms with Gasteiger partial charge in [0.1, 0.15) is 11.3 Å². The van der Waals surface area contributed by atoms with Crippen LogP contribution < -0.4 is 25.0 Å². The van der Waals surface area contributed by atoms with E-state index in [0.29, 0.717) is 51.6 Å². The highest BCUT2D eigenvalue weighted by atomic mass is 35.5. The van der Waals surface area contributed by atoms with E-state index >= 15 is 0 Å². The van der Waals surface area contributed by atoms with E-state index < -0.39 is 10.0 Å². The minimum absolute atomic E-state index is 0.161. The van der Waals surface area contributed by atoms with Crippen LogP contribution in [0.5, 0.6) is 5.75 Å². The summed E-state index contributed by atoms with van der Waals surface area (Å²) < 4.78 is 32.7. The molecule has 13 nitrogen and oxygen atoms in total. The largest absolute Gasteiger partial charge is 0.494 e. The maximum Gasteiger partial charge on any atom is 0.247 e. The first-order valence-corrected chi connectivity index (χ1v) is 15.7. The molecule has 0 aliphatic rings. The van der Waals surface area contributed by atoms with Gasteiger partial charge < -0.3 is 25.2 Å². The summed E-state index contributed by atoms with van der Waals surface area (Å²) in [5, 5.41) is 6.31. The Bertz CT molecular complexity index is 1800. The summed E-state index contributed by atoms with van der Waals surface area (Å²) in [5.41, 5.74) is 4.00. The molecule has 2 heterocycles. The number of likely N-dealkylation sites (N-methyl/N-ethyl adjacent to an activating group) is 2. The van der Waals surface area contributed by atoms with Gasteiger partial charge in [-0.25, -0.2) is 18.4 Å². The molecule has 232 valence electrons. The average Bonchev–Trinajstić information content (AvgIpc) is 2.98. The van der Waals surface area contributed by atoms with E-state index in [9.17, 15) is 13.2 Å². The highest BCUT2D eigenvalue weighted by Gasteiger charge is 2.19. The summed E-state index contributed by atoms with van der Waals surface area (Å²) in [7, 11) is 3.80. The molecule has 0 unspecified atom stereocenters. The van der Waals surface area contributed by atoms with E-state index in [-0.39, 0.29) is 23.3 Å². The van der Waals surface area contributed by atoms with E-state index in [4.69, 9.17) is 16.3 Å². The molecule has 15 heteroatoms. The van der Waals surface area contributed by atoms with Crippen LogP contribution in [-0.4, -0.2) is 86.8 Å². The number of rotatable bonds is 13. The number of nitrogens with zero attached hydrogens (tertiary/aromatic N) is 6. The fourth-order valence-corrected chi connectivity index (χ4v) is 5.07. The Morgan fingerprint density at radius 1 is 1.09 bits per heavy atom. The maximum absolute atomic E-state index is 12.3. The average molecular weight is 640 g/mol. The number of nitrogens with one attached hydrogen (secondary N) is 3. The third-order valence-corrected chi connectivity index (χ3v) is 7.38. The minimum atomic E-state index is -3.63. The Hall–Kier alpha value is -4.53. The number of methoxy groups -OCH3 is 1. The second kappa shape index (κ2) is 13.8. The number of anilines is 5. The number of carbonyl (C=O) groups is 1. The lowest BCUT2D eigenvalue weighted by molar-refractivity contribution is -0.111. The summed E-state index contributed by atoms with van der Waals surface area (Å²) in [6, 6.07) is 7.04. The monoisotopic (exact) mass is 639 g/mol. The number of hydrogen-bond acceptors (Lipinski definition) is 11. The third-order valence-electron chi connectivity index (χ3n) is 6.49. The zero-order valence-electron chi connectivity index (χ0n) is 25.0. The van der Waals surface area contributed by atoms with Gasteiger partial charge in [0.05, 0.1) is 58.5 Å². The quantitative estimate of drug-likeness (QED) is 0.182. The van der Waals surface area contributed by atoms with Crippen LogP contribution in [-0.2, 0) is 21.2 Å². The van der Waals surface area contributed by atoms with Crippen molar-refractivity contribution in [2.45, 2.75) is 6.42 Å². The van der Waals surface area contributed by atoms with Crippen LogP contribution in [0, 0.1) is 0 Å². The highest BCUT2D eigenvalue weighted by Crippen LogP contribution is 2.38. The van der Waals surface area contributed by atoms with Gasteiger partial charge >= 0.3 is 0 Å². The van der Waals surface area contributed by atoms with Crippen LogP contribution in [0.3, 0.4) is 0 Å². The van der Waals surface area contributed by atoms with Crippen molar-refractivity contribution in [3.63, 3.8) is 0 Å². The molecule has 0 saturated carbocycles. The van der Waals surface area contributed by atoms with Gasteiger partial charge in [-0.2, -0.15) is 0 Å². The Balaban J connectivity index is 1.71. The molecule has 0 atom stereocenters. The predicted molar refractivity (Wildman–Crippen MR) is 175 cm³/mol. The Labute approximate surface area is 261 Å². The van der Waals surface area contributed by atoms with Gasteiger partial charge in [0.2, 0.25) is 21.9 Å². The number of benzene rings is 2. The molecule has 0 fully saturated rings.